The number of benzene rings is 2. The Balaban J connectivity index is 1.80. The van der Waals surface area contributed by atoms with Crippen LogP contribution in [0.4, 0.5) is 0 Å². The highest BCUT2D eigenvalue weighted by Gasteiger charge is 2.53. The molecule has 11 heteroatoms. The first-order chi connectivity index (χ1) is 15.3. The van der Waals surface area contributed by atoms with Gasteiger partial charge in [0.15, 0.2) is 0 Å². The Bertz CT molecular complexity index is 879. The number of hydrogen-bond donors (Lipinski definition) is 2. The number of carbonyl (C=O) groups is 1. The number of hydrogen-bond acceptors (Lipinski definition) is 10. The molecule has 0 aromatic heterocycles. The summed E-state index contributed by atoms with van der Waals surface area (Å²) in [7, 11) is -1.96. The Morgan fingerprint density at radius 1 is 1.03 bits per heavy atom. The Labute approximate surface area is 185 Å². The molecule has 1 saturated heterocycles. The van der Waals surface area contributed by atoms with Crippen molar-refractivity contribution in [1.29, 1.82) is 0 Å². The van der Waals surface area contributed by atoms with Gasteiger partial charge in [0, 0.05) is 13.5 Å². The van der Waals surface area contributed by atoms with E-state index in [0.717, 1.165) is 7.11 Å². The highest BCUT2D eigenvalue weighted by molar-refractivity contribution is 7.49. The van der Waals surface area contributed by atoms with Crippen molar-refractivity contribution in [2.24, 2.45) is 0 Å². The standard InChI is InChI=1S/C21H25O10P/c1-26-20(24)21(27-2)13-17(22)19(23)18(29-21)14-28-32(25,30-15-9-5-3-6-10-15)31-16-11-7-4-8-12-16/h3-12,17-19,22-23H,13-14H2,1-2H3/t17-,18-,19+,21-/m1/s1. The molecule has 2 aromatic rings. The molecule has 32 heavy (non-hydrogen) atoms. The number of phosphoric ester groups is 1. The van der Waals surface area contributed by atoms with Crippen LogP contribution in [0.2, 0.25) is 0 Å². The van der Waals surface area contributed by atoms with E-state index in [1.807, 2.05) is 0 Å². The molecule has 2 N–H and O–H groups in total. The second-order valence-corrected chi connectivity index (χ2v) is 8.44. The first-order valence-electron chi connectivity index (χ1n) is 9.72. The van der Waals surface area contributed by atoms with Crippen molar-refractivity contribution < 1.29 is 47.4 Å². The third-order valence-corrected chi connectivity index (χ3v) is 6.07. The zero-order valence-electron chi connectivity index (χ0n) is 17.5. The van der Waals surface area contributed by atoms with E-state index in [1.165, 1.54) is 7.11 Å². The number of esters is 1. The second kappa shape index (κ2) is 10.4. The molecule has 0 saturated carbocycles. The summed E-state index contributed by atoms with van der Waals surface area (Å²) < 4.78 is 45.3. The molecular weight excluding hydrogens is 443 g/mol. The van der Waals surface area contributed by atoms with Gasteiger partial charge in [0.05, 0.1) is 19.8 Å². The van der Waals surface area contributed by atoms with E-state index in [9.17, 15) is 19.6 Å². The fourth-order valence-corrected chi connectivity index (χ4v) is 4.33. The number of aliphatic hydroxyl groups excluding tert-OH is 2. The van der Waals surface area contributed by atoms with E-state index in [4.69, 9.17) is 27.8 Å². The average Bonchev–Trinajstić information content (AvgIpc) is 2.80. The third-order valence-electron chi connectivity index (χ3n) is 4.74. The molecule has 0 aliphatic carbocycles. The van der Waals surface area contributed by atoms with Gasteiger partial charge in [-0.1, -0.05) is 36.4 Å². The molecule has 2 aromatic carbocycles. The molecule has 174 valence electrons. The van der Waals surface area contributed by atoms with Gasteiger partial charge in [0.2, 0.25) is 0 Å². The van der Waals surface area contributed by atoms with Crippen molar-refractivity contribution in [2.75, 3.05) is 20.8 Å². The molecule has 0 amide bonds. The number of aliphatic hydroxyl groups is 2. The molecule has 4 atom stereocenters. The van der Waals surface area contributed by atoms with Gasteiger partial charge in [-0.3, -0.25) is 4.52 Å². The van der Waals surface area contributed by atoms with Crippen LogP contribution in [0.25, 0.3) is 0 Å². The summed E-state index contributed by atoms with van der Waals surface area (Å²) in [5.74, 6) is -2.43. The van der Waals surface area contributed by atoms with Gasteiger partial charge >= 0.3 is 13.8 Å². The minimum atomic E-state index is -4.29. The summed E-state index contributed by atoms with van der Waals surface area (Å²) in [5, 5.41) is 20.6. The Kier molecular flexibility index (Phi) is 7.89. The zero-order valence-corrected chi connectivity index (χ0v) is 18.4. The van der Waals surface area contributed by atoms with Gasteiger partial charge < -0.3 is 33.5 Å². The van der Waals surface area contributed by atoms with Crippen LogP contribution in [-0.2, 0) is 28.1 Å². The monoisotopic (exact) mass is 468 g/mol. The molecule has 1 aliphatic heterocycles. The summed E-state index contributed by atoms with van der Waals surface area (Å²) >= 11 is 0. The third kappa shape index (κ3) is 5.66. The van der Waals surface area contributed by atoms with Crippen LogP contribution in [0, 0.1) is 0 Å². The first kappa shape index (κ1) is 24.2. The highest BCUT2D eigenvalue weighted by Crippen LogP contribution is 2.50. The van der Waals surface area contributed by atoms with Crippen molar-refractivity contribution in [3.63, 3.8) is 0 Å². The summed E-state index contributed by atoms with van der Waals surface area (Å²) in [5.41, 5.74) is 0. The molecule has 0 radical (unpaired) electrons. The van der Waals surface area contributed by atoms with Crippen molar-refractivity contribution in [3.05, 3.63) is 60.7 Å². The van der Waals surface area contributed by atoms with E-state index in [-0.39, 0.29) is 17.9 Å². The van der Waals surface area contributed by atoms with Crippen molar-refractivity contribution in [2.45, 2.75) is 30.5 Å². The molecule has 1 aliphatic rings. The van der Waals surface area contributed by atoms with E-state index in [0.29, 0.717) is 0 Å². The lowest BCUT2D eigenvalue weighted by Gasteiger charge is -2.42. The van der Waals surface area contributed by atoms with Gasteiger partial charge in [-0.25, -0.2) is 9.36 Å². The smallest absolute Gasteiger partial charge is 0.465 e. The van der Waals surface area contributed by atoms with Crippen LogP contribution in [0.3, 0.4) is 0 Å². The highest BCUT2D eigenvalue weighted by atomic mass is 31.2. The fourth-order valence-electron chi connectivity index (χ4n) is 3.10. The molecular formula is C21H25O10P. The minimum Gasteiger partial charge on any atom is -0.465 e. The van der Waals surface area contributed by atoms with E-state index >= 15 is 0 Å². The topological polar surface area (TPSA) is 130 Å². The average molecular weight is 468 g/mol. The van der Waals surface area contributed by atoms with Crippen molar-refractivity contribution in [3.8, 4) is 11.5 Å². The largest absolute Gasteiger partial charge is 0.587 e. The Morgan fingerprint density at radius 3 is 2.03 bits per heavy atom. The van der Waals surface area contributed by atoms with Crippen LogP contribution in [0.5, 0.6) is 11.5 Å². The number of carbonyl (C=O) groups excluding carboxylic acids is 1. The fraction of sp³-hybridized carbons (Fsp3) is 0.381. The van der Waals surface area contributed by atoms with Gasteiger partial charge in [-0.2, -0.15) is 0 Å². The summed E-state index contributed by atoms with van der Waals surface area (Å²) in [6.45, 7) is -0.558. The maximum atomic E-state index is 13.4. The lowest BCUT2D eigenvalue weighted by atomic mass is 9.95. The van der Waals surface area contributed by atoms with Crippen LogP contribution < -0.4 is 9.05 Å². The van der Waals surface area contributed by atoms with Gasteiger partial charge in [-0.15, -0.1) is 0 Å². The number of phosphoric acid groups is 1. The maximum Gasteiger partial charge on any atom is 0.587 e. The van der Waals surface area contributed by atoms with Crippen LogP contribution in [-0.4, -0.2) is 61.1 Å². The maximum absolute atomic E-state index is 13.4. The molecule has 10 nitrogen and oxygen atoms in total. The molecule has 0 spiro atoms. The quantitative estimate of drug-likeness (QED) is 0.418. The lowest BCUT2D eigenvalue weighted by Crippen LogP contribution is -2.60. The summed E-state index contributed by atoms with van der Waals surface area (Å²) in [6, 6.07) is 16.5. The normalized spacial score (nSPS) is 25.7. The van der Waals surface area contributed by atoms with Crippen LogP contribution in [0.1, 0.15) is 6.42 Å². The number of para-hydroxylation sites is 2. The molecule has 1 heterocycles. The van der Waals surface area contributed by atoms with Gasteiger partial charge in [0.1, 0.15) is 23.7 Å². The number of ether oxygens (including phenoxy) is 3. The summed E-state index contributed by atoms with van der Waals surface area (Å²) in [4.78, 5) is 12.2. The predicted molar refractivity (Wildman–Crippen MR) is 111 cm³/mol. The van der Waals surface area contributed by atoms with E-state index in [1.54, 1.807) is 60.7 Å². The first-order valence-corrected chi connectivity index (χ1v) is 11.2. The summed E-state index contributed by atoms with van der Waals surface area (Å²) in [6.07, 6.45) is -4.55. The number of methoxy groups -OCH3 is 2. The Hall–Kier alpha value is -2.46. The SMILES string of the molecule is COC(=O)[C@@]1(OC)C[C@@H](O)[C@H](O)[C@@H](COP(=O)(Oc2ccccc2)Oc2ccccc2)O1. The van der Waals surface area contributed by atoms with E-state index in [2.05, 4.69) is 0 Å². The van der Waals surface area contributed by atoms with Gasteiger partial charge in [-0.05, 0) is 24.3 Å². The van der Waals surface area contributed by atoms with Crippen molar-refractivity contribution in [1.82, 2.24) is 0 Å². The second-order valence-electron chi connectivity index (χ2n) is 6.92. The Morgan fingerprint density at radius 2 is 1.56 bits per heavy atom. The predicted octanol–water partition coefficient (Wildman–Crippen LogP) is 2.30. The molecule has 0 unspecified atom stereocenters. The van der Waals surface area contributed by atoms with Gasteiger partial charge in [0.25, 0.3) is 5.79 Å². The molecule has 1 fully saturated rings. The lowest BCUT2D eigenvalue weighted by molar-refractivity contribution is -0.307. The van der Waals surface area contributed by atoms with Crippen LogP contribution >= 0.6 is 7.82 Å². The molecule has 3 rings (SSSR count). The zero-order chi connectivity index (χ0) is 23.2. The number of rotatable bonds is 9. The minimum absolute atomic E-state index is 0.220. The van der Waals surface area contributed by atoms with Crippen LogP contribution in [0.15, 0.2) is 60.7 Å². The van der Waals surface area contributed by atoms with Crippen molar-refractivity contribution >= 4 is 13.8 Å². The molecule has 0 bridgehead atoms. The van der Waals surface area contributed by atoms with E-state index < -0.39 is 44.5 Å².